The van der Waals surface area contributed by atoms with E-state index < -0.39 is 5.97 Å². The largest absolute Gasteiger partial charge is 0.478 e. The van der Waals surface area contributed by atoms with Gasteiger partial charge in [0, 0.05) is 24.5 Å². The van der Waals surface area contributed by atoms with Crippen molar-refractivity contribution in [1.82, 2.24) is 0 Å². The standard InChI is InChI=1S/C13H18N2O2/c1-9-3-2-6-15(8-9)10-4-5-12(14)11(7-10)13(16)17/h4-5,7,9H,2-3,6,8,14H2,1H3,(H,16,17). The van der Waals surface area contributed by atoms with Gasteiger partial charge in [0.2, 0.25) is 0 Å². The van der Waals surface area contributed by atoms with Crippen LogP contribution in [0.3, 0.4) is 0 Å². The summed E-state index contributed by atoms with van der Waals surface area (Å²) in [4.78, 5) is 13.3. The van der Waals surface area contributed by atoms with Crippen LogP contribution in [0.15, 0.2) is 18.2 Å². The molecule has 1 heterocycles. The van der Waals surface area contributed by atoms with Crippen molar-refractivity contribution in [2.24, 2.45) is 5.92 Å². The lowest BCUT2D eigenvalue weighted by molar-refractivity contribution is 0.0698. The third kappa shape index (κ3) is 2.52. The minimum absolute atomic E-state index is 0.195. The van der Waals surface area contributed by atoms with E-state index in [0.717, 1.165) is 25.2 Å². The normalized spacial score (nSPS) is 20.3. The Morgan fingerprint density at radius 1 is 1.53 bits per heavy atom. The van der Waals surface area contributed by atoms with E-state index in [1.165, 1.54) is 6.42 Å². The molecule has 4 nitrogen and oxygen atoms in total. The number of hydrogen-bond acceptors (Lipinski definition) is 3. The Balaban J connectivity index is 2.26. The summed E-state index contributed by atoms with van der Waals surface area (Å²) in [6, 6.07) is 5.26. The maximum Gasteiger partial charge on any atom is 0.337 e. The Bertz CT molecular complexity index is 431. The first-order valence-electron chi connectivity index (χ1n) is 5.95. The van der Waals surface area contributed by atoms with Gasteiger partial charge in [-0.15, -0.1) is 0 Å². The molecule has 1 unspecified atom stereocenters. The molecule has 1 atom stereocenters. The number of nitrogens with two attached hydrogens (primary N) is 1. The van der Waals surface area contributed by atoms with Gasteiger partial charge in [-0.25, -0.2) is 4.79 Å². The van der Waals surface area contributed by atoms with Crippen LogP contribution in [-0.2, 0) is 0 Å². The molecule has 3 N–H and O–H groups in total. The summed E-state index contributed by atoms with van der Waals surface area (Å²) >= 11 is 0. The molecular formula is C13H18N2O2. The van der Waals surface area contributed by atoms with Gasteiger partial charge in [-0.3, -0.25) is 0 Å². The number of hydrogen-bond donors (Lipinski definition) is 2. The second kappa shape index (κ2) is 4.65. The number of piperidine rings is 1. The molecule has 0 aliphatic carbocycles. The van der Waals surface area contributed by atoms with Gasteiger partial charge in [-0.05, 0) is 37.0 Å². The monoisotopic (exact) mass is 234 g/mol. The minimum Gasteiger partial charge on any atom is -0.478 e. The van der Waals surface area contributed by atoms with E-state index in [9.17, 15) is 4.79 Å². The maximum absolute atomic E-state index is 11.0. The van der Waals surface area contributed by atoms with Gasteiger partial charge in [-0.1, -0.05) is 6.92 Å². The summed E-state index contributed by atoms with van der Waals surface area (Å²) in [5, 5.41) is 9.04. The summed E-state index contributed by atoms with van der Waals surface area (Å²) in [5.74, 6) is -0.302. The van der Waals surface area contributed by atoms with E-state index in [0.29, 0.717) is 11.6 Å². The second-order valence-electron chi connectivity index (χ2n) is 4.77. The highest BCUT2D eigenvalue weighted by Gasteiger charge is 2.18. The average Bonchev–Trinajstić information content (AvgIpc) is 2.29. The van der Waals surface area contributed by atoms with Gasteiger partial charge in [0.15, 0.2) is 0 Å². The number of nitrogen functional groups attached to an aromatic ring is 1. The Hall–Kier alpha value is -1.71. The number of anilines is 2. The zero-order valence-corrected chi connectivity index (χ0v) is 10.0. The van der Waals surface area contributed by atoms with Crippen LogP contribution in [0.1, 0.15) is 30.1 Å². The van der Waals surface area contributed by atoms with Crippen LogP contribution in [0.25, 0.3) is 0 Å². The van der Waals surface area contributed by atoms with Crippen molar-refractivity contribution in [3.8, 4) is 0 Å². The van der Waals surface area contributed by atoms with Gasteiger partial charge in [0.05, 0.1) is 5.56 Å². The van der Waals surface area contributed by atoms with Crippen LogP contribution in [0.5, 0.6) is 0 Å². The van der Waals surface area contributed by atoms with Gasteiger partial charge < -0.3 is 15.7 Å². The predicted octanol–water partition coefficient (Wildman–Crippen LogP) is 2.20. The number of carboxylic acid groups (broad SMARTS) is 1. The average molecular weight is 234 g/mol. The molecule has 1 aliphatic rings. The number of aromatic carboxylic acids is 1. The Morgan fingerprint density at radius 3 is 2.94 bits per heavy atom. The van der Waals surface area contributed by atoms with Gasteiger partial charge >= 0.3 is 5.97 Å². The highest BCUT2D eigenvalue weighted by molar-refractivity contribution is 5.94. The molecular weight excluding hydrogens is 216 g/mol. The van der Waals surface area contributed by atoms with E-state index in [1.54, 1.807) is 12.1 Å². The van der Waals surface area contributed by atoms with Gasteiger partial charge in [-0.2, -0.15) is 0 Å². The first-order chi connectivity index (χ1) is 8.08. The molecule has 4 heteroatoms. The molecule has 1 saturated heterocycles. The molecule has 0 spiro atoms. The van der Waals surface area contributed by atoms with E-state index >= 15 is 0 Å². The van der Waals surface area contributed by atoms with Crippen molar-refractivity contribution in [3.05, 3.63) is 23.8 Å². The Kier molecular flexibility index (Phi) is 3.22. The Labute approximate surface area is 101 Å². The molecule has 92 valence electrons. The van der Waals surface area contributed by atoms with Gasteiger partial charge in [0.1, 0.15) is 0 Å². The summed E-state index contributed by atoms with van der Waals surface area (Å²) < 4.78 is 0. The fourth-order valence-electron chi connectivity index (χ4n) is 2.35. The minimum atomic E-state index is -0.964. The molecule has 0 amide bonds. The van der Waals surface area contributed by atoms with Crippen LogP contribution < -0.4 is 10.6 Å². The summed E-state index contributed by atoms with van der Waals surface area (Å²) in [6.45, 7) is 4.21. The number of carboxylic acids is 1. The molecule has 0 bridgehead atoms. The lowest BCUT2D eigenvalue weighted by Gasteiger charge is -2.33. The highest BCUT2D eigenvalue weighted by atomic mass is 16.4. The number of rotatable bonds is 2. The summed E-state index contributed by atoms with van der Waals surface area (Å²) in [6.07, 6.45) is 2.41. The Morgan fingerprint density at radius 2 is 2.29 bits per heavy atom. The lowest BCUT2D eigenvalue weighted by Crippen LogP contribution is -2.34. The SMILES string of the molecule is CC1CCCN(c2ccc(N)c(C(=O)O)c2)C1. The molecule has 1 aliphatic heterocycles. The zero-order chi connectivity index (χ0) is 12.4. The quantitative estimate of drug-likeness (QED) is 0.770. The van der Waals surface area contributed by atoms with Gasteiger partial charge in [0.25, 0.3) is 0 Å². The fourth-order valence-corrected chi connectivity index (χ4v) is 2.35. The molecule has 0 saturated carbocycles. The first-order valence-corrected chi connectivity index (χ1v) is 5.95. The van der Waals surface area contributed by atoms with Crippen molar-refractivity contribution in [3.63, 3.8) is 0 Å². The van der Waals surface area contributed by atoms with E-state index in [2.05, 4.69) is 11.8 Å². The topological polar surface area (TPSA) is 66.6 Å². The molecule has 1 aromatic rings. The fraction of sp³-hybridized carbons (Fsp3) is 0.462. The number of carbonyl (C=O) groups is 1. The smallest absolute Gasteiger partial charge is 0.337 e. The second-order valence-corrected chi connectivity index (χ2v) is 4.77. The van der Waals surface area contributed by atoms with E-state index in [1.807, 2.05) is 6.07 Å². The van der Waals surface area contributed by atoms with E-state index in [-0.39, 0.29) is 5.56 Å². The third-order valence-electron chi connectivity index (χ3n) is 3.29. The van der Waals surface area contributed by atoms with Crippen LogP contribution in [0, 0.1) is 5.92 Å². The van der Waals surface area contributed by atoms with Crippen LogP contribution in [0.4, 0.5) is 11.4 Å². The molecule has 0 radical (unpaired) electrons. The van der Waals surface area contributed by atoms with Crippen LogP contribution in [0.2, 0.25) is 0 Å². The maximum atomic E-state index is 11.0. The van der Waals surface area contributed by atoms with Crippen molar-refractivity contribution in [2.45, 2.75) is 19.8 Å². The van der Waals surface area contributed by atoms with Crippen LogP contribution >= 0.6 is 0 Å². The third-order valence-corrected chi connectivity index (χ3v) is 3.29. The molecule has 1 fully saturated rings. The first kappa shape index (κ1) is 11.8. The van der Waals surface area contributed by atoms with Crippen LogP contribution in [-0.4, -0.2) is 24.2 Å². The predicted molar refractivity (Wildman–Crippen MR) is 68.4 cm³/mol. The molecule has 17 heavy (non-hydrogen) atoms. The van der Waals surface area contributed by atoms with Crippen molar-refractivity contribution in [1.29, 1.82) is 0 Å². The summed E-state index contributed by atoms with van der Waals surface area (Å²) in [5.41, 5.74) is 7.13. The highest BCUT2D eigenvalue weighted by Crippen LogP contribution is 2.26. The van der Waals surface area contributed by atoms with Crippen molar-refractivity contribution < 1.29 is 9.90 Å². The molecule has 2 rings (SSSR count). The number of benzene rings is 1. The molecule has 1 aromatic carbocycles. The molecule has 0 aromatic heterocycles. The number of nitrogens with zero attached hydrogens (tertiary/aromatic N) is 1. The summed E-state index contributed by atoms with van der Waals surface area (Å²) in [7, 11) is 0. The zero-order valence-electron chi connectivity index (χ0n) is 10.0. The van der Waals surface area contributed by atoms with Crippen molar-refractivity contribution >= 4 is 17.3 Å². The van der Waals surface area contributed by atoms with E-state index in [4.69, 9.17) is 10.8 Å². The lowest BCUT2D eigenvalue weighted by atomic mass is 9.99. The van der Waals surface area contributed by atoms with Crippen molar-refractivity contribution in [2.75, 3.05) is 23.7 Å².